The van der Waals surface area contributed by atoms with Crippen LogP contribution in [0.1, 0.15) is 51.8 Å². The number of para-hydroxylation sites is 1. The lowest BCUT2D eigenvalue weighted by atomic mass is 9.95. The van der Waals surface area contributed by atoms with Gasteiger partial charge in [0.25, 0.3) is 5.56 Å². The summed E-state index contributed by atoms with van der Waals surface area (Å²) in [6.45, 7) is 10.0. The molecule has 2 aromatic carbocycles. The molecular weight excluding hydrogens is 504 g/mol. The lowest BCUT2D eigenvalue weighted by molar-refractivity contribution is -0.139. The summed E-state index contributed by atoms with van der Waals surface area (Å²) in [5.41, 5.74) is 2.00. The molecule has 0 amide bonds. The van der Waals surface area contributed by atoms with E-state index in [1.165, 1.54) is 11.3 Å². The third-order valence-corrected chi connectivity index (χ3v) is 6.86. The molecule has 1 aromatic heterocycles. The number of aromatic nitrogens is 1. The summed E-state index contributed by atoms with van der Waals surface area (Å²) in [5.74, 6) is 1.30. The van der Waals surface area contributed by atoms with E-state index in [0.717, 1.165) is 5.56 Å². The Labute approximate surface area is 225 Å². The summed E-state index contributed by atoms with van der Waals surface area (Å²) < 4.78 is 24.6. The zero-order valence-electron chi connectivity index (χ0n) is 22.4. The lowest BCUT2D eigenvalue weighted by Gasteiger charge is -2.25. The number of benzene rings is 2. The maximum atomic E-state index is 13.9. The van der Waals surface area contributed by atoms with Crippen LogP contribution in [-0.2, 0) is 9.53 Å². The Morgan fingerprint density at radius 3 is 2.55 bits per heavy atom. The van der Waals surface area contributed by atoms with Crippen molar-refractivity contribution in [3.8, 4) is 17.2 Å². The molecule has 3 aromatic rings. The fraction of sp³-hybridized carbons (Fsp3) is 0.345. The molecule has 8 nitrogen and oxygen atoms in total. The number of carbonyl (C=O) groups excluding carboxylic acids is 1. The Morgan fingerprint density at radius 2 is 1.87 bits per heavy atom. The van der Waals surface area contributed by atoms with Gasteiger partial charge in [-0.05, 0) is 64.5 Å². The van der Waals surface area contributed by atoms with Gasteiger partial charge in [0.05, 0.1) is 42.2 Å². The first kappa shape index (κ1) is 27.2. The standard InChI is InChI=1S/C29H32N2O6S/c1-7-35-23-15-19(13-14-22(23)37-17(3)4)16-24-27(32)31-26(20-11-9-10-12-21(20)34-6)25(28(33)36-8-2)18(5)30-29(31)38-24/h9-17,26H,7-8H2,1-6H3/b24-16-/t26-/m0/s1. The van der Waals surface area contributed by atoms with E-state index in [0.29, 0.717) is 50.0 Å². The molecule has 9 heteroatoms. The highest BCUT2D eigenvalue weighted by Gasteiger charge is 2.34. The van der Waals surface area contributed by atoms with Crippen molar-refractivity contribution < 1.29 is 23.7 Å². The van der Waals surface area contributed by atoms with Crippen LogP contribution in [0, 0.1) is 0 Å². The Bertz CT molecular complexity index is 1550. The first-order valence-corrected chi connectivity index (χ1v) is 13.4. The number of methoxy groups -OCH3 is 1. The van der Waals surface area contributed by atoms with Crippen LogP contribution in [0.4, 0.5) is 0 Å². The molecule has 1 aliphatic heterocycles. The molecule has 1 atom stereocenters. The number of hydrogen-bond donors (Lipinski definition) is 0. The van der Waals surface area contributed by atoms with Crippen LogP contribution in [0.15, 0.2) is 63.5 Å². The highest BCUT2D eigenvalue weighted by atomic mass is 32.1. The Hall–Kier alpha value is -3.85. The van der Waals surface area contributed by atoms with E-state index >= 15 is 0 Å². The molecule has 0 saturated heterocycles. The van der Waals surface area contributed by atoms with Gasteiger partial charge in [-0.3, -0.25) is 9.36 Å². The highest BCUT2D eigenvalue weighted by molar-refractivity contribution is 7.07. The van der Waals surface area contributed by atoms with Crippen LogP contribution < -0.4 is 29.1 Å². The molecule has 4 rings (SSSR count). The summed E-state index contributed by atoms with van der Waals surface area (Å²) in [7, 11) is 1.56. The monoisotopic (exact) mass is 536 g/mol. The van der Waals surface area contributed by atoms with E-state index in [1.807, 2.05) is 57.2 Å². The van der Waals surface area contributed by atoms with Crippen LogP contribution in [0.3, 0.4) is 0 Å². The molecule has 0 radical (unpaired) electrons. The van der Waals surface area contributed by atoms with Gasteiger partial charge < -0.3 is 18.9 Å². The lowest BCUT2D eigenvalue weighted by Crippen LogP contribution is -2.40. The molecule has 200 valence electrons. The zero-order valence-corrected chi connectivity index (χ0v) is 23.3. The van der Waals surface area contributed by atoms with Gasteiger partial charge in [-0.25, -0.2) is 9.79 Å². The van der Waals surface area contributed by atoms with Gasteiger partial charge in [-0.2, -0.15) is 0 Å². The van der Waals surface area contributed by atoms with Crippen molar-refractivity contribution >= 4 is 23.4 Å². The largest absolute Gasteiger partial charge is 0.496 e. The minimum absolute atomic E-state index is 0.00411. The van der Waals surface area contributed by atoms with Crippen molar-refractivity contribution in [3.05, 3.63) is 84.5 Å². The van der Waals surface area contributed by atoms with E-state index < -0.39 is 12.0 Å². The van der Waals surface area contributed by atoms with Crippen molar-refractivity contribution in [1.29, 1.82) is 0 Å². The number of allylic oxidation sites excluding steroid dienone is 1. The van der Waals surface area contributed by atoms with E-state index in [2.05, 4.69) is 4.99 Å². The molecule has 0 aliphatic carbocycles. The maximum Gasteiger partial charge on any atom is 0.338 e. The quantitative estimate of drug-likeness (QED) is 0.384. The summed E-state index contributed by atoms with van der Waals surface area (Å²) in [6.07, 6.45) is 1.80. The highest BCUT2D eigenvalue weighted by Crippen LogP contribution is 2.35. The minimum atomic E-state index is -0.746. The fourth-order valence-corrected chi connectivity index (χ4v) is 5.41. The number of esters is 1. The summed E-state index contributed by atoms with van der Waals surface area (Å²) in [5, 5.41) is 0. The van der Waals surface area contributed by atoms with Gasteiger partial charge in [0.1, 0.15) is 11.8 Å². The first-order valence-electron chi connectivity index (χ1n) is 12.5. The number of fused-ring (bicyclic) bond motifs is 1. The van der Waals surface area contributed by atoms with E-state index in [9.17, 15) is 9.59 Å². The van der Waals surface area contributed by atoms with Crippen LogP contribution in [0.2, 0.25) is 0 Å². The number of rotatable bonds is 9. The van der Waals surface area contributed by atoms with Gasteiger partial charge >= 0.3 is 5.97 Å². The molecule has 2 heterocycles. The van der Waals surface area contributed by atoms with Gasteiger partial charge in [-0.1, -0.05) is 35.6 Å². The van der Waals surface area contributed by atoms with Gasteiger partial charge in [0, 0.05) is 5.56 Å². The predicted octanol–water partition coefficient (Wildman–Crippen LogP) is 3.99. The van der Waals surface area contributed by atoms with Crippen LogP contribution in [-0.4, -0.2) is 37.0 Å². The van der Waals surface area contributed by atoms with Crippen molar-refractivity contribution in [2.45, 2.75) is 46.8 Å². The molecule has 0 fully saturated rings. The second-order valence-electron chi connectivity index (χ2n) is 8.85. The average molecular weight is 537 g/mol. The van der Waals surface area contributed by atoms with Crippen LogP contribution >= 0.6 is 11.3 Å². The fourth-order valence-electron chi connectivity index (χ4n) is 4.36. The third-order valence-electron chi connectivity index (χ3n) is 5.88. The van der Waals surface area contributed by atoms with Crippen molar-refractivity contribution in [1.82, 2.24) is 4.57 Å². The van der Waals surface area contributed by atoms with E-state index in [4.69, 9.17) is 18.9 Å². The Morgan fingerprint density at radius 1 is 1.11 bits per heavy atom. The second kappa shape index (κ2) is 11.7. The Balaban J connectivity index is 1.91. The summed E-state index contributed by atoms with van der Waals surface area (Å²) in [4.78, 5) is 32.1. The predicted molar refractivity (Wildman–Crippen MR) is 147 cm³/mol. The first-order chi connectivity index (χ1) is 18.3. The normalized spacial score (nSPS) is 15.2. The zero-order chi connectivity index (χ0) is 27.4. The van der Waals surface area contributed by atoms with Gasteiger partial charge in [-0.15, -0.1) is 0 Å². The van der Waals surface area contributed by atoms with Crippen molar-refractivity contribution in [2.24, 2.45) is 4.99 Å². The molecule has 0 saturated carbocycles. The minimum Gasteiger partial charge on any atom is -0.496 e. The van der Waals surface area contributed by atoms with Crippen LogP contribution in [0.5, 0.6) is 17.2 Å². The van der Waals surface area contributed by atoms with Gasteiger partial charge in [0.2, 0.25) is 0 Å². The number of carbonyl (C=O) groups is 1. The molecule has 38 heavy (non-hydrogen) atoms. The number of hydrogen-bond acceptors (Lipinski definition) is 8. The number of thiazole rings is 1. The van der Waals surface area contributed by atoms with Gasteiger partial charge in [0.15, 0.2) is 16.3 Å². The van der Waals surface area contributed by atoms with E-state index in [-0.39, 0.29) is 18.3 Å². The smallest absolute Gasteiger partial charge is 0.338 e. The Kier molecular flexibility index (Phi) is 8.36. The third kappa shape index (κ3) is 5.38. The van der Waals surface area contributed by atoms with Crippen molar-refractivity contribution in [2.75, 3.05) is 20.3 Å². The summed E-state index contributed by atoms with van der Waals surface area (Å²) in [6, 6.07) is 12.2. The molecule has 0 N–H and O–H groups in total. The van der Waals surface area contributed by atoms with Crippen LogP contribution in [0.25, 0.3) is 6.08 Å². The maximum absolute atomic E-state index is 13.9. The molecule has 0 spiro atoms. The van der Waals surface area contributed by atoms with Crippen molar-refractivity contribution in [3.63, 3.8) is 0 Å². The molecule has 0 unspecified atom stereocenters. The number of ether oxygens (including phenoxy) is 4. The SMILES string of the molecule is CCOC(=O)C1=C(C)N=c2s/c(=C\c3ccc(OC(C)C)c(OCC)c3)c(=O)n2[C@H]1c1ccccc1OC. The number of nitrogens with zero attached hydrogens (tertiary/aromatic N) is 2. The molecule has 1 aliphatic rings. The topological polar surface area (TPSA) is 88.4 Å². The second-order valence-corrected chi connectivity index (χ2v) is 9.86. The molecular formula is C29H32N2O6S. The average Bonchev–Trinajstić information content (AvgIpc) is 3.18. The molecule has 0 bridgehead atoms. The van der Waals surface area contributed by atoms with E-state index in [1.54, 1.807) is 37.7 Å². The summed E-state index contributed by atoms with van der Waals surface area (Å²) >= 11 is 1.26.